The molecule has 164 valence electrons. The second-order valence-corrected chi connectivity index (χ2v) is 9.18. The van der Waals surface area contributed by atoms with Crippen LogP contribution in [0, 0.1) is 0 Å². The second kappa shape index (κ2) is 9.51. The van der Waals surface area contributed by atoms with Crippen molar-refractivity contribution in [3.8, 4) is 0 Å². The molecule has 0 radical (unpaired) electrons. The zero-order chi connectivity index (χ0) is 21.0. The molecular weight excluding hydrogens is 386 g/mol. The number of nitrogens with zero attached hydrogens (tertiary/aromatic N) is 1. The SMILES string of the molecule is O=C(NC1CCC(CN[C@@H]2C[C@H]2c2ccccc2)OC1N1CCCC1)c1ccccc1. The van der Waals surface area contributed by atoms with Crippen molar-refractivity contribution in [2.24, 2.45) is 0 Å². The quantitative estimate of drug-likeness (QED) is 0.721. The van der Waals surface area contributed by atoms with Gasteiger partial charge in [-0.3, -0.25) is 9.69 Å². The fourth-order valence-corrected chi connectivity index (χ4v) is 5.11. The van der Waals surface area contributed by atoms with E-state index in [4.69, 9.17) is 4.74 Å². The van der Waals surface area contributed by atoms with Gasteiger partial charge in [-0.25, -0.2) is 0 Å². The van der Waals surface area contributed by atoms with Crippen LogP contribution in [0.3, 0.4) is 0 Å². The van der Waals surface area contributed by atoms with Gasteiger partial charge in [-0.2, -0.15) is 0 Å². The van der Waals surface area contributed by atoms with Crippen LogP contribution in [0.5, 0.6) is 0 Å². The largest absolute Gasteiger partial charge is 0.356 e. The zero-order valence-corrected chi connectivity index (χ0v) is 18.1. The van der Waals surface area contributed by atoms with Crippen molar-refractivity contribution < 1.29 is 9.53 Å². The lowest BCUT2D eigenvalue weighted by Crippen LogP contribution is -2.57. The molecule has 0 bridgehead atoms. The van der Waals surface area contributed by atoms with Gasteiger partial charge in [0.15, 0.2) is 0 Å². The smallest absolute Gasteiger partial charge is 0.251 e. The highest BCUT2D eigenvalue weighted by molar-refractivity contribution is 5.94. The van der Waals surface area contributed by atoms with E-state index in [2.05, 4.69) is 45.9 Å². The number of carbonyl (C=O) groups excluding carboxylic acids is 1. The van der Waals surface area contributed by atoms with Crippen LogP contribution in [0.15, 0.2) is 60.7 Å². The Morgan fingerprint density at radius 3 is 2.39 bits per heavy atom. The van der Waals surface area contributed by atoms with Crippen LogP contribution in [0.4, 0.5) is 0 Å². The van der Waals surface area contributed by atoms with Crippen molar-refractivity contribution in [1.82, 2.24) is 15.5 Å². The third-order valence-electron chi connectivity index (χ3n) is 6.95. The molecule has 2 N–H and O–H groups in total. The molecule has 5 heteroatoms. The Morgan fingerprint density at radius 1 is 0.935 bits per heavy atom. The van der Waals surface area contributed by atoms with Gasteiger partial charge in [0.1, 0.15) is 6.23 Å². The van der Waals surface area contributed by atoms with E-state index in [9.17, 15) is 4.79 Å². The van der Waals surface area contributed by atoms with Gasteiger partial charge < -0.3 is 15.4 Å². The van der Waals surface area contributed by atoms with E-state index in [0.717, 1.165) is 32.5 Å². The number of ether oxygens (including phenoxy) is 1. The van der Waals surface area contributed by atoms with Gasteiger partial charge in [-0.05, 0) is 49.8 Å². The first-order valence-corrected chi connectivity index (χ1v) is 11.8. The molecule has 2 heterocycles. The Kier molecular flexibility index (Phi) is 6.35. The molecule has 1 saturated carbocycles. The normalized spacial score (nSPS) is 30.8. The summed E-state index contributed by atoms with van der Waals surface area (Å²) in [6.45, 7) is 3.00. The molecule has 5 rings (SSSR count). The molecule has 3 aliphatic rings. The van der Waals surface area contributed by atoms with Crippen molar-refractivity contribution in [3.05, 3.63) is 71.8 Å². The maximum atomic E-state index is 12.8. The van der Waals surface area contributed by atoms with Gasteiger partial charge >= 0.3 is 0 Å². The fourth-order valence-electron chi connectivity index (χ4n) is 5.11. The maximum absolute atomic E-state index is 12.8. The molecule has 3 fully saturated rings. The lowest BCUT2D eigenvalue weighted by Gasteiger charge is -2.41. The van der Waals surface area contributed by atoms with Crippen LogP contribution in [0.1, 0.15) is 53.9 Å². The average Bonchev–Trinajstić information content (AvgIpc) is 3.40. The third-order valence-corrected chi connectivity index (χ3v) is 6.95. The van der Waals surface area contributed by atoms with Crippen molar-refractivity contribution >= 4 is 5.91 Å². The zero-order valence-electron chi connectivity index (χ0n) is 18.1. The monoisotopic (exact) mass is 419 g/mol. The van der Waals surface area contributed by atoms with Crippen LogP contribution < -0.4 is 10.6 Å². The first kappa shape index (κ1) is 20.7. The number of hydrogen-bond donors (Lipinski definition) is 2. The number of amides is 1. The number of carbonyl (C=O) groups is 1. The number of rotatable bonds is 7. The van der Waals surface area contributed by atoms with E-state index in [1.807, 2.05) is 30.3 Å². The summed E-state index contributed by atoms with van der Waals surface area (Å²) in [6, 6.07) is 20.9. The molecule has 3 unspecified atom stereocenters. The van der Waals surface area contributed by atoms with Crippen molar-refractivity contribution in [2.45, 2.75) is 62.4 Å². The molecule has 2 saturated heterocycles. The molecule has 1 aliphatic carbocycles. The van der Waals surface area contributed by atoms with Crippen LogP contribution in [-0.4, -0.2) is 54.9 Å². The Bertz CT molecular complexity index is 853. The highest BCUT2D eigenvalue weighted by Crippen LogP contribution is 2.40. The highest BCUT2D eigenvalue weighted by Gasteiger charge is 2.40. The van der Waals surface area contributed by atoms with Gasteiger partial charge in [0.2, 0.25) is 0 Å². The molecule has 31 heavy (non-hydrogen) atoms. The summed E-state index contributed by atoms with van der Waals surface area (Å²) >= 11 is 0. The van der Waals surface area contributed by atoms with E-state index in [0.29, 0.717) is 17.5 Å². The maximum Gasteiger partial charge on any atom is 0.251 e. The Labute approximate surface area is 185 Å². The van der Waals surface area contributed by atoms with E-state index in [-0.39, 0.29) is 24.3 Å². The molecule has 2 aliphatic heterocycles. The molecule has 0 aromatic heterocycles. The standard InChI is InChI=1S/C26H33N3O2/c30-25(20-11-5-2-6-12-20)28-23-14-13-21(31-26(23)29-15-7-8-16-29)18-27-24-17-22(24)19-9-3-1-4-10-19/h1-6,9-12,21-24,26-27H,7-8,13-18H2,(H,28,30)/t21?,22-,23?,24+,26?/m0/s1. The minimum atomic E-state index is -0.0279. The number of benzene rings is 2. The molecule has 5 atom stereocenters. The summed E-state index contributed by atoms with van der Waals surface area (Å²) in [5.41, 5.74) is 2.15. The summed E-state index contributed by atoms with van der Waals surface area (Å²) in [6.07, 6.45) is 5.74. The van der Waals surface area contributed by atoms with Crippen LogP contribution in [-0.2, 0) is 4.74 Å². The first-order chi connectivity index (χ1) is 15.3. The lowest BCUT2D eigenvalue weighted by atomic mass is 10.0. The van der Waals surface area contributed by atoms with Crippen molar-refractivity contribution in [1.29, 1.82) is 0 Å². The minimum Gasteiger partial charge on any atom is -0.356 e. The average molecular weight is 420 g/mol. The van der Waals surface area contributed by atoms with Crippen LogP contribution in [0.2, 0.25) is 0 Å². The van der Waals surface area contributed by atoms with Crippen molar-refractivity contribution in [3.63, 3.8) is 0 Å². The predicted octanol–water partition coefficient (Wildman–Crippen LogP) is 3.53. The number of likely N-dealkylation sites (tertiary alicyclic amines) is 1. The van der Waals surface area contributed by atoms with E-state index in [1.165, 1.54) is 24.8 Å². The van der Waals surface area contributed by atoms with Gasteiger partial charge in [0.25, 0.3) is 5.91 Å². The second-order valence-electron chi connectivity index (χ2n) is 9.18. The highest BCUT2D eigenvalue weighted by atomic mass is 16.5. The van der Waals surface area contributed by atoms with Gasteiger partial charge in [-0.1, -0.05) is 48.5 Å². The predicted molar refractivity (Wildman–Crippen MR) is 122 cm³/mol. The number of hydrogen-bond acceptors (Lipinski definition) is 4. The van der Waals surface area contributed by atoms with Crippen LogP contribution >= 0.6 is 0 Å². The topological polar surface area (TPSA) is 53.6 Å². The third kappa shape index (κ3) is 5.00. The molecule has 2 aromatic rings. The van der Waals surface area contributed by atoms with E-state index in [1.54, 1.807) is 0 Å². The summed E-state index contributed by atoms with van der Waals surface area (Å²) in [4.78, 5) is 15.2. The lowest BCUT2D eigenvalue weighted by molar-refractivity contribution is -0.135. The fraction of sp³-hybridized carbons (Fsp3) is 0.500. The number of nitrogens with one attached hydrogen (secondary N) is 2. The van der Waals surface area contributed by atoms with E-state index >= 15 is 0 Å². The van der Waals surface area contributed by atoms with Gasteiger partial charge in [-0.15, -0.1) is 0 Å². The Hall–Kier alpha value is -2.21. The Morgan fingerprint density at radius 2 is 1.65 bits per heavy atom. The molecule has 0 spiro atoms. The van der Waals surface area contributed by atoms with Gasteiger partial charge in [0.05, 0.1) is 12.1 Å². The first-order valence-electron chi connectivity index (χ1n) is 11.8. The minimum absolute atomic E-state index is 0.00125. The van der Waals surface area contributed by atoms with E-state index < -0.39 is 0 Å². The van der Waals surface area contributed by atoms with Crippen LogP contribution in [0.25, 0.3) is 0 Å². The Balaban J connectivity index is 1.17. The molecule has 2 aromatic carbocycles. The van der Waals surface area contributed by atoms with Crippen molar-refractivity contribution in [2.75, 3.05) is 19.6 Å². The summed E-state index contributed by atoms with van der Waals surface area (Å²) in [7, 11) is 0. The molecular formula is C26H33N3O2. The van der Waals surface area contributed by atoms with Gasteiger partial charge in [0, 0.05) is 37.2 Å². The summed E-state index contributed by atoms with van der Waals surface area (Å²) in [5.74, 6) is 0.635. The summed E-state index contributed by atoms with van der Waals surface area (Å²) < 4.78 is 6.59. The summed E-state index contributed by atoms with van der Waals surface area (Å²) in [5, 5.41) is 7.00. The molecule has 5 nitrogen and oxygen atoms in total. The molecule has 1 amide bonds.